The van der Waals surface area contributed by atoms with E-state index in [1.165, 1.54) is 4.90 Å². The molecule has 0 aliphatic carbocycles. The lowest BCUT2D eigenvalue weighted by molar-refractivity contribution is -0.144. The average molecular weight is 302 g/mol. The molecule has 1 amide bonds. The summed E-state index contributed by atoms with van der Waals surface area (Å²) in [5.41, 5.74) is -0.506. The average Bonchev–Trinajstić information content (AvgIpc) is 2.25. The van der Waals surface area contributed by atoms with Crippen LogP contribution in [0, 0.1) is 5.92 Å². The van der Waals surface area contributed by atoms with E-state index in [1.807, 2.05) is 39.5 Å². The highest BCUT2D eigenvalue weighted by molar-refractivity contribution is 5.73. The first kappa shape index (κ1) is 19.7. The van der Waals surface area contributed by atoms with Crippen LogP contribution in [0.5, 0.6) is 0 Å². The summed E-state index contributed by atoms with van der Waals surface area (Å²) in [6, 6.07) is -0.503. The molecule has 0 unspecified atom stereocenters. The number of ether oxygens (including phenoxy) is 1. The summed E-state index contributed by atoms with van der Waals surface area (Å²) in [5.74, 6) is -0.774. The second-order valence-corrected chi connectivity index (χ2v) is 6.76. The van der Waals surface area contributed by atoms with Crippen LogP contribution in [0.4, 0.5) is 4.79 Å². The number of carbonyl (C=O) groups excluding carboxylic acids is 1. The molecular weight excluding hydrogens is 272 g/mol. The van der Waals surface area contributed by atoms with Crippen molar-refractivity contribution in [3.8, 4) is 0 Å². The minimum absolute atomic E-state index is 0.0380. The third-order valence-corrected chi connectivity index (χ3v) is 3.07. The highest BCUT2D eigenvalue weighted by atomic mass is 16.6. The molecule has 124 valence electrons. The molecule has 6 nitrogen and oxygen atoms in total. The van der Waals surface area contributed by atoms with Gasteiger partial charge in [0.15, 0.2) is 0 Å². The zero-order valence-corrected chi connectivity index (χ0v) is 14.3. The van der Waals surface area contributed by atoms with Crippen molar-refractivity contribution in [1.29, 1.82) is 0 Å². The maximum Gasteiger partial charge on any atom is 0.410 e. The Morgan fingerprint density at radius 2 is 1.67 bits per heavy atom. The first-order chi connectivity index (χ1) is 9.45. The lowest BCUT2D eigenvalue weighted by atomic mass is 10.0. The zero-order valence-electron chi connectivity index (χ0n) is 14.3. The highest BCUT2D eigenvalue weighted by Crippen LogP contribution is 2.11. The molecule has 0 heterocycles. The number of nitrogens with zero attached hydrogens (tertiary/aromatic N) is 2. The van der Waals surface area contributed by atoms with Crippen LogP contribution in [-0.2, 0) is 9.53 Å². The van der Waals surface area contributed by atoms with Gasteiger partial charge in [-0.1, -0.05) is 13.8 Å². The normalized spacial score (nSPS) is 13.4. The van der Waals surface area contributed by atoms with E-state index in [0.29, 0.717) is 19.5 Å². The molecule has 0 radical (unpaired) electrons. The highest BCUT2D eigenvalue weighted by Gasteiger charge is 2.26. The van der Waals surface area contributed by atoms with Crippen molar-refractivity contribution in [2.45, 2.75) is 52.7 Å². The minimum Gasteiger partial charge on any atom is -0.480 e. The lowest BCUT2D eigenvalue weighted by Gasteiger charge is -2.29. The van der Waals surface area contributed by atoms with Crippen molar-refractivity contribution >= 4 is 12.1 Å². The van der Waals surface area contributed by atoms with E-state index < -0.39 is 17.6 Å². The van der Waals surface area contributed by atoms with Crippen LogP contribution < -0.4 is 0 Å². The Balaban J connectivity index is 4.24. The number of hydrogen-bond acceptors (Lipinski definition) is 4. The van der Waals surface area contributed by atoms with Crippen molar-refractivity contribution < 1.29 is 19.4 Å². The maximum absolute atomic E-state index is 11.8. The van der Waals surface area contributed by atoms with E-state index >= 15 is 0 Å². The lowest BCUT2D eigenvalue weighted by Crippen LogP contribution is -2.43. The van der Waals surface area contributed by atoms with Gasteiger partial charge in [-0.2, -0.15) is 0 Å². The van der Waals surface area contributed by atoms with E-state index in [0.717, 1.165) is 0 Å². The van der Waals surface area contributed by atoms with Gasteiger partial charge in [-0.25, -0.2) is 4.79 Å². The standard InChI is InChI=1S/C15H30N2O4/c1-11(2)12(13(18)19)16(6)9-8-10-17(7)14(20)21-15(3,4)5/h11-12H,8-10H2,1-7H3,(H,18,19)/t12-/m0/s1. The summed E-state index contributed by atoms with van der Waals surface area (Å²) in [6.45, 7) is 10.4. The van der Waals surface area contributed by atoms with E-state index in [9.17, 15) is 14.7 Å². The summed E-state index contributed by atoms with van der Waals surface area (Å²) in [7, 11) is 3.48. The van der Waals surface area contributed by atoms with Crippen molar-refractivity contribution in [1.82, 2.24) is 9.80 Å². The fourth-order valence-electron chi connectivity index (χ4n) is 2.11. The van der Waals surface area contributed by atoms with Crippen LogP contribution in [0.2, 0.25) is 0 Å². The molecule has 0 aromatic rings. The Morgan fingerprint density at radius 3 is 2.05 bits per heavy atom. The van der Waals surface area contributed by atoms with Crippen LogP contribution in [-0.4, -0.2) is 65.8 Å². The van der Waals surface area contributed by atoms with E-state index in [4.69, 9.17) is 4.74 Å². The smallest absolute Gasteiger partial charge is 0.410 e. The fourth-order valence-corrected chi connectivity index (χ4v) is 2.11. The molecule has 0 aliphatic rings. The predicted octanol–water partition coefficient (Wildman–Crippen LogP) is 2.28. The summed E-state index contributed by atoms with van der Waals surface area (Å²) in [4.78, 5) is 26.3. The molecule has 1 N–H and O–H groups in total. The van der Waals surface area contributed by atoms with Gasteiger partial charge in [-0.3, -0.25) is 9.69 Å². The number of amides is 1. The number of carboxylic acids is 1. The summed E-state index contributed by atoms with van der Waals surface area (Å²) >= 11 is 0. The SMILES string of the molecule is CC(C)[C@@H](C(=O)O)N(C)CCCN(C)C(=O)OC(C)(C)C. The van der Waals surface area contributed by atoms with Gasteiger partial charge in [0.2, 0.25) is 0 Å². The van der Waals surface area contributed by atoms with Crippen LogP contribution in [0.15, 0.2) is 0 Å². The second-order valence-electron chi connectivity index (χ2n) is 6.76. The minimum atomic E-state index is -0.812. The topological polar surface area (TPSA) is 70.1 Å². The van der Waals surface area contributed by atoms with Crippen molar-refractivity contribution in [2.75, 3.05) is 27.2 Å². The van der Waals surface area contributed by atoms with Crippen molar-refractivity contribution in [2.24, 2.45) is 5.92 Å². The Labute approximate surface area is 128 Å². The molecule has 0 aliphatic heterocycles. The third-order valence-electron chi connectivity index (χ3n) is 3.07. The number of aliphatic carboxylic acids is 1. The molecule has 21 heavy (non-hydrogen) atoms. The van der Waals surface area contributed by atoms with Gasteiger partial charge in [0, 0.05) is 20.1 Å². The summed E-state index contributed by atoms with van der Waals surface area (Å²) in [5, 5.41) is 9.21. The Kier molecular flexibility index (Phi) is 7.71. The first-order valence-corrected chi connectivity index (χ1v) is 7.33. The number of likely N-dealkylation sites (N-methyl/N-ethyl adjacent to an activating group) is 1. The zero-order chi connectivity index (χ0) is 16.8. The quantitative estimate of drug-likeness (QED) is 0.781. The van der Waals surface area contributed by atoms with Crippen molar-refractivity contribution in [3.63, 3.8) is 0 Å². The van der Waals surface area contributed by atoms with Crippen molar-refractivity contribution in [3.05, 3.63) is 0 Å². The van der Waals surface area contributed by atoms with Crippen LogP contribution in [0.1, 0.15) is 41.0 Å². The molecule has 0 saturated carbocycles. The molecule has 6 heteroatoms. The van der Waals surface area contributed by atoms with Crippen LogP contribution in [0.25, 0.3) is 0 Å². The van der Waals surface area contributed by atoms with E-state index in [-0.39, 0.29) is 12.0 Å². The van der Waals surface area contributed by atoms with Gasteiger partial charge in [0.05, 0.1) is 0 Å². The van der Waals surface area contributed by atoms with E-state index in [1.54, 1.807) is 14.1 Å². The van der Waals surface area contributed by atoms with Crippen LogP contribution in [0.3, 0.4) is 0 Å². The Bertz CT molecular complexity index is 350. The molecule has 0 aromatic carbocycles. The predicted molar refractivity (Wildman–Crippen MR) is 82.4 cm³/mol. The summed E-state index contributed by atoms with van der Waals surface area (Å²) < 4.78 is 5.26. The monoisotopic (exact) mass is 302 g/mol. The fraction of sp³-hybridized carbons (Fsp3) is 0.867. The molecule has 0 bridgehead atoms. The third kappa shape index (κ3) is 7.90. The number of rotatable bonds is 7. The van der Waals surface area contributed by atoms with Gasteiger partial charge in [-0.15, -0.1) is 0 Å². The molecule has 0 rings (SSSR count). The number of hydrogen-bond donors (Lipinski definition) is 1. The number of carboxylic acid groups (broad SMARTS) is 1. The van der Waals surface area contributed by atoms with Gasteiger partial charge >= 0.3 is 12.1 Å². The largest absolute Gasteiger partial charge is 0.480 e. The Morgan fingerprint density at radius 1 is 1.14 bits per heavy atom. The van der Waals surface area contributed by atoms with Gasteiger partial charge in [0.25, 0.3) is 0 Å². The maximum atomic E-state index is 11.8. The van der Waals surface area contributed by atoms with E-state index in [2.05, 4.69) is 0 Å². The van der Waals surface area contributed by atoms with Crippen LogP contribution >= 0.6 is 0 Å². The van der Waals surface area contributed by atoms with Gasteiger partial charge in [0.1, 0.15) is 11.6 Å². The summed E-state index contributed by atoms with van der Waals surface area (Å²) in [6.07, 6.45) is 0.340. The van der Waals surface area contributed by atoms with Gasteiger partial charge < -0.3 is 14.7 Å². The molecule has 1 atom stereocenters. The molecule has 0 fully saturated rings. The van der Waals surface area contributed by atoms with Gasteiger partial charge in [-0.05, 0) is 40.2 Å². The molecular formula is C15H30N2O4. The first-order valence-electron chi connectivity index (χ1n) is 7.33. The molecule has 0 saturated heterocycles. The number of carbonyl (C=O) groups is 2. The Hall–Kier alpha value is -1.30. The molecule has 0 aromatic heterocycles. The molecule has 0 spiro atoms. The second kappa shape index (κ2) is 8.22.